The van der Waals surface area contributed by atoms with E-state index in [0.29, 0.717) is 27.5 Å². The number of halogens is 1. The third-order valence-corrected chi connectivity index (χ3v) is 7.36. The summed E-state index contributed by atoms with van der Waals surface area (Å²) in [6.07, 6.45) is 0. The van der Waals surface area contributed by atoms with Crippen LogP contribution < -0.4 is 25.0 Å². The van der Waals surface area contributed by atoms with Gasteiger partial charge in [0.25, 0.3) is 11.5 Å². The van der Waals surface area contributed by atoms with Gasteiger partial charge in [0, 0.05) is 23.2 Å². The molecule has 3 heterocycles. The molecular formula is C28H18ClN5O5S. The second kappa shape index (κ2) is 10.0. The Morgan fingerprint density at radius 1 is 1.00 bits per heavy atom. The number of hydrogen-bond acceptors (Lipinski definition) is 8. The van der Waals surface area contributed by atoms with E-state index in [1.54, 1.807) is 72.8 Å². The first kappa shape index (κ1) is 25.4. The first-order valence-corrected chi connectivity index (χ1v) is 13.2. The summed E-state index contributed by atoms with van der Waals surface area (Å²) in [6, 6.07) is 20.4. The lowest BCUT2D eigenvalue weighted by atomic mass is 10.1. The lowest BCUT2D eigenvalue weighted by Crippen LogP contribution is -2.37. The van der Waals surface area contributed by atoms with Crippen molar-refractivity contribution in [3.05, 3.63) is 98.3 Å². The zero-order valence-electron chi connectivity index (χ0n) is 20.8. The summed E-state index contributed by atoms with van der Waals surface area (Å²) in [5.74, 6) is -0.936. The zero-order valence-corrected chi connectivity index (χ0v) is 22.3. The molecule has 0 radical (unpaired) electrons. The van der Waals surface area contributed by atoms with Crippen molar-refractivity contribution in [1.82, 2.24) is 14.6 Å². The number of benzene rings is 3. The van der Waals surface area contributed by atoms with Crippen LogP contribution in [-0.4, -0.2) is 38.9 Å². The molecule has 12 heteroatoms. The molecule has 0 fully saturated rings. The Hall–Kier alpha value is -4.87. The fourth-order valence-corrected chi connectivity index (χ4v) is 5.65. The minimum Gasteiger partial charge on any atom is -0.426 e. The van der Waals surface area contributed by atoms with E-state index in [-0.39, 0.29) is 33.2 Å². The van der Waals surface area contributed by atoms with Crippen molar-refractivity contribution in [3.8, 4) is 17.1 Å². The number of esters is 1. The molecule has 0 aliphatic carbocycles. The minimum atomic E-state index is -0.521. The molecule has 0 saturated heterocycles. The summed E-state index contributed by atoms with van der Waals surface area (Å²) in [5.41, 5.74) is 1.65. The third kappa shape index (κ3) is 4.51. The van der Waals surface area contributed by atoms with Crippen molar-refractivity contribution >= 4 is 62.6 Å². The van der Waals surface area contributed by atoms with Gasteiger partial charge in [-0.15, -0.1) is 5.10 Å². The van der Waals surface area contributed by atoms with Crippen LogP contribution in [0.5, 0.6) is 5.75 Å². The summed E-state index contributed by atoms with van der Waals surface area (Å²) in [6.45, 7) is 1.02. The molecule has 6 rings (SSSR count). The number of fused-ring (bicyclic) bond motifs is 2. The molecule has 10 nitrogen and oxygen atoms in total. The van der Waals surface area contributed by atoms with E-state index in [2.05, 4.69) is 15.4 Å². The summed E-state index contributed by atoms with van der Waals surface area (Å²) >= 11 is 7.03. The van der Waals surface area contributed by atoms with E-state index < -0.39 is 23.3 Å². The highest BCUT2D eigenvalue weighted by Gasteiger charge is 2.35. The quantitative estimate of drug-likeness (QED) is 0.254. The molecule has 2 aromatic heterocycles. The van der Waals surface area contributed by atoms with Crippen LogP contribution in [0.1, 0.15) is 12.5 Å². The van der Waals surface area contributed by atoms with Gasteiger partial charge in [-0.05, 0) is 36.4 Å². The van der Waals surface area contributed by atoms with Gasteiger partial charge in [-0.3, -0.25) is 24.1 Å². The van der Waals surface area contributed by atoms with Gasteiger partial charge in [-0.2, -0.15) is 9.50 Å². The molecule has 0 bridgehead atoms. The topological polar surface area (TPSA) is 123 Å². The summed E-state index contributed by atoms with van der Waals surface area (Å²) < 4.78 is 6.53. The smallest absolute Gasteiger partial charge is 0.308 e. The number of rotatable bonds is 5. The number of nitrogens with one attached hydrogen (secondary N) is 1. The molecule has 0 unspecified atom stereocenters. The number of carbonyl (C=O) groups is 3. The predicted molar refractivity (Wildman–Crippen MR) is 150 cm³/mol. The Morgan fingerprint density at radius 3 is 2.50 bits per heavy atom. The van der Waals surface area contributed by atoms with Crippen LogP contribution in [0.25, 0.3) is 21.9 Å². The number of aromatic nitrogens is 3. The largest absolute Gasteiger partial charge is 0.426 e. The van der Waals surface area contributed by atoms with E-state index in [1.165, 1.54) is 11.8 Å². The second-order valence-electron chi connectivity index (χ2n) is 8.80. The van der Waals surface area contributed by atoms with E-state index in [1.807, 2.05) is 0 Å². The molecule has 5 aromatic rings. The first-order chi connectivity index (χ1) is 19.3. The van der Waals surface area contributed by atoms with Gasteiger partial charge in [-0.25, -0.2) is 0 Å². The van der Waals surface area contributed by atoms with Gasteiger partial charge in [0.15, 0.2) is 5.82 Å². The molecule has 0 spiro atoms. The molecule has 40 heavy (non-hydrogen) atoms. The third-order valence-electron chi connectivity index (χ3n) is 6.10. The maximum atomic E-state index is 13.6. The summed E-state index contributed by atoms with van der Waals surface area (Å²) in [4.78, 5) is 57.6. The number of carbonyl (C=O) groups excluding carboxylic acids is 3. The molecule has 3 aromatic carbocycles. The molecule has 0 atom stereocenters. The van der Waals surface area contributed by atoms with E-state index >= 15 is 0 Å². The average molecular weight is 572 g/mol. The first-order valence-electron chi connectivity index (χ1n) is 12.0. The van der Waals surface area contributed by atoms with Crippen molar-refractivity contribution < 1.29 is 19.1 Å². The Bertz CT molecular complexity index is 1970. The van der Waals surface area contributed by atoms with E-state index in [4.69, 9.17) is 16.3 Å². The monoisotopic (exact) mass is 571 g/mol. The summed E-state index contributed by atoms with van der Waals surface area (Å²) in [5, 5.41) is 7.55. The van der Waals surface area contributed by atoms with Crippen molar-refractivity contribution in [1.29, 1.82) is 0 Å². The predicted octanol–water partition coefficient (Wildman–Crippen LogP) is 3.30. The summed E-state index contributed by atoms with van der Waals surface area (Å²) in [7, 11) is 0. The Balaban J connectivity index is 1.39. The highest BCUT2D eigenvalue weighted by molar-refractivity contribution is 7.15. The second-order valence-corrected chi connectivity index (χ2v) is 10.2. The Labute approximate surface area is 235 Å². The molecular weight excluding hydrogens is 554 g/mol. The van der Waals surface area contributed by atoms with Crippen molar-refractivity contribution in [3.63, 3.8) is 0 Å². The highest BCUT2D eigenvalue weighted by Crippen LogP contribution is 2.35. The molecule has 198 valence electrons. The van der Waals surface area contributed by atoms with Gasteiger partial charge in [0.1, 0.15) is 16.8 Å². The number of para-hydroxylation sites is 2. The number of hydrogen-bond donors (Lipinski definition) is 1. The van der Waals surface area contributed by atoms with Gasteiger partial charge < -0.3 is 10.1 Å². The molecule has 1 N–H and O–H groups in total. The van der Waals surface area contributed by atoms with Crippen LogP contribution >= 0.6 is 22.9 Å². The van der Waals surface area contributed by atoms with Crippen LogP contribution in [0, 0.1) is 0 Å². The van der Waals surface area contributed by atoms with Gasteiger partial charge in [-0.1, -0.05) is 59.3 Å². The zero-order chi connectivity index (χ0) is 28.0. The average Bonchev–Trinajstić information content (AvgIpc) is 3.55. The van der Waals surface area contributed by atoms with Crippen LogP contribution in [-0.2, 0) is 14.4 Å². The number of nitrogens with zero attached hydrogens (tertiary/aromatic N) is 4. The maximum Gasteiger partial charge on any atom is 0.308 e. The van der Waals surface area contributed by atoms with Gasteiger partial charge in [0.05, 0.1) is 16.8 Å². The fraction of sp³-hybridized carbons (Fsp3) is 0.0714. The van der Waals surface area contributed by atoms with Crippen molar-refractivity contribution in [2.75, 3.05) is 16.8 Å². The van der Waals surface area contributed by atoms with Crippen LogP contribution in [0.2, 0.25) is 5.02 Å². The van der Waals surface area contributed by atoms with Crippen LogP contribution in [0.15, 0.2) is 77.6 Å². The highest BCUT2D eigenvalue weighted by atomic mass is 35.5. The van der Waals surface area contributed by atoms with Crippen LogP contribution in [0.3, 0.4) is 0 Å². The molecule has 2 amide bonds. The fourth-order valence-electron chi connectivity index (χ4n) is 4.46. The standard InChI is InChI=1S/C28H18ClN5O5S/c1-15(35)39-21-12-5-3-10-19(21)25-31-28-34(32-25)27(38)24(40-28)23-18-9-2-4-11-20(18)33(26(23)37)14-22(36)30-17-8-6-7-16(29)13-17/h2-13H,14H2,1H3,(H,30,36)/b24-23-. The number of anilines is 2. The van der Waals surface area contributed by atoms with Crippen molar-refractivity contribution in [2.45, 2.75) is 6.92 Å². The minimum absolute atomic E-state index is 0.157. The lowest BCUT2D eigenvalue weighted by molar-refractivity contribution is -0.131. The van der Waals surface area contributed by atoms with E-state index in [0.717, 1.165) is 15.9 Å². The van der Waals surface area contributed by atoms with Crippen LogP contribution in [0.4, 0.5) is 11.4 Å². The number of ether oxygens (including phenoxy) is 1. The number of thiazole rings is 1. The van der Waals surface area contributed by atoms with Crippen molar-refractivity contribution in [2.24, 2.45) is 0 Å². The maximum absolute atomic E-state index is 13.6. The normalized spacial score (nSPS) is 13.9. The molecule has 1 aliphatic heterocycles. The van der Waals surface area contributed by atoms with Gasteiger partial charge in [0.2, 0.25) is 10.9 Å². The lowest BCUT2D eigenvalue weighted by Gasteiger charge is -2.16. The Kier molecular flexibility index (Phi) is 6.37. The van der Waals surface area contributed by atoms with Gasteiger partial charge >= 0.3 is 5.97 Å². The van der Waals surface area contributed by atoms with E-state index in [9.17, 15) is 19.2 Å². The Morgan fingerprint density at radius 2 is 1.75 bits per heavy atom. The molecule has 0 saturated carbocycles. The SMILES string of the molecule is CC(=O)Oc1ccccc1-c1nc2s/c(=C3\C(=O)N(CC(=O)Nc4cccc(Cl)c4)c4ccccc43)c(=O)n2n1. The molecule has 1 aliphatic rings. The number of amides is 2.